The number of hydrogen-bond donors (Lipinski definition) is 1. The van der Waals surface area contributed by atoms with Crippen molar-refractivity contribution in [2.45, 2.75) is 69.7 Å². The van der Waals surface area contributed by atoms with Crippen LogP contribution in [0, 0.1) is 5.92 Å². The van der Waals surface area contributed by atoms with Crippen molar-refractivity contribution in [3.63, 3.8) is 0 Å². The van der Waals surface area contributed by atoms with E-state index in [-0.39, 0.29) is 24.9 Å². The minimum atomic E-state index is -0.832. The van der Waals surface area contributed by atoms with Crippen molar-refractivity contribution >= 4 is 12.0 Å². The van der Waals surface area contributed by atoms with E-state index in [1.54, 1.807) is 25.3 Å². The van der Waals surface area contributed by atoms with Crippen LogP contribution in [0.3, 0.4) is 0 Å². The van der Waals surface area contributed by atoms with E-state index < -0.39 is 24.0 Å². The third-order valence-electron chi connectivity index (χ3n) is 6.42. The molecule has 0 aromatic heterocycles. The fourth-order valence-corrected chi connectivity index (χ4v) is 4.86. The van der Waals surface area contributed by atoms with Crippen LogP contribution in [-0.4, -0.2) is 62.3 Å². The van der Waals surface area contributed by atoms with E-state index in [0.717, 1.165) is 19.3 Å². The largest absolute Gasteiger partial charge is 0.497 e. The maximum atomic E-state index is 13.4. The Labute approximate surface area is 200 Å². The topological polar surface area (TPSA) is 92.7 Å². The number of aliphatic hydroxyl groups is 1. The summed E-state index contributed by atoms with van der Waals surface area (Å²) in [4.78, 5) is 13.4. The van der Waals surface area contributed by atoms with Gasteiger partial charge in [0.25, 0.3) is 0 Å². The summed E-state index contributed by atoms with van der Waals surface area (Å²) in [7, 11) is 3.07. The molecule has 0 bridgehead atoms. The Kier molecular flexibility index (Phi) is 7.62. The minimum Gasteiger partial charge on any atom is -0.497 e. The average Bonchev–Trinajstić information content (AvgIpc) is 3.37. The van der Waals surface area contributed by atoms with Gasteiger partial charge >= 0.3 is 5.97 Å². The van der Waals surface area contributed by atoms with Crippen LogP contribution in [0.25, 0.3) is 6.08 Å². The predicted molar refractivity (Wildman–Crippen MR) is 125 cm³/mol. The van der Waals surface area contributed by atoms with Gasteiger partial charge in [-0.3, -0.25) is 0 Å². The zero-order valence-electron chi connectivity index (χ0n) is 20.2. The fourth-order valence-electron chi connectivity index (χ4n) is 4.86. The number of fused-ring (bicyclic) bond motifs is 3. The van der Waals surface area contributed by atoms with Gasteiger partial charge in [0.1, 0.15) is 35.4 Å². The molecule has 186 valence electrons. The number of rotatable bonds is 4. The smallest absolute Gasteiger partial charge is 0.342 e. The number of hydrogen-bond acceptors (Lipinski definition) is 8. The molecule has 5 atom stereocenters. The lowest BCUT2D eigenvalue weighted by atomic mass is 9.98. The predicted octanol–water partition coefficient (Wildman–Crippen LogP) is 3.86. The van der Waals surface area contributed by atoms with E-state index in [2.05, 4.69) is 0 Å². The van der Waals surface area contributed by atoms with Gasteiger partial charge < -0.3 is 33.5 Å². The van der Waals surface area contributed by atoms with Crippen molar-refractivity contribution in [3.8, 4) is 11.5 Å². The van der Waals surface area contributed by atoms with E-state index in [1.165, 1.54) is 7.11 Å². The van der Waals surface area contributed by atoms with Crippen LogP contribution in [0.5, 0.6) is 11.5 Å². The molecule has 1 N–H and O–H groups in total. The Bertz CT molecular complexity index is 937. The summed E-state index contributed by atoms with van der Waals surface area (Å²) in [5.74, 6) is -0.381. The second-order valence-corrected chi connectivity index (χ2v) is 9.33. The normalized spacial score (nSPS) is 32.5. The van der Waals surface area contributed by atoms with E-state index >= 15 is 0 Å². The second-order valence-electron chi connectivity index (χ2n) is 9.33. The van der Waals surface area contributed by atoms with Gasteiger partial charge in [0, 0.05) is 19.1 Å². The van der Waals surface area contributed by atoms with Crippen LogP contribution in [0.1, 0.15) is 55.5 Å². The number of esters is 1. The summed E-state index contributed by atoms with van der Waals surface area (Å²) in [5.41, 5.74) is 0.925. The SMILES string of the molecule is COCOc1cc(OC)cc2c1C(=O)O[C@@H]1CCC[C@H]1/C=C\C(O)[C@H]1OC(C)(C)O[C@H]1C/C=C/2. The van der Waals surface area contributed by atoms with Crippen molar-refractivity contribution in [1.82, 2.24) is 0 Å². The van der Waals surface area contributed by atoms with Crippen LogP contribution in [0.4, 0.5) is 0 Å². The van der Waals surface area contributed by atoms with Crippen molar-refractivity contribution < 1.29 is 38.3 Å². The number of benzene rings is 1. The molecule has 2 heterocycles. The maximum absolute atomic E-state index is 13.4. The molecular formula is C26H34O8. The summed E-state index contributed by atoms with van der Waals surface area (Å²) in [6.45, 7) is 3.66. The number of carbonyl (C=O) groups excluding carboxylic acids is 1. The van der Waals surface area contributed by atoms with E-state index in [1.807, 2.05) is 32.1 Å². The molecule has 34 heavy (non-hydrogen) atoms. The summed E-state index contributed by atoms with van der Waals surface area (Å²) >= 11 is 0. The van der Waals surface area contributed by atoms with Gasteiger partial charge in [-0.25, -0.2) is 4.79 Å². The Morgan fingerprint density at radius 3 is 2.71 bits per heavy atom. The van der Waals surface area contributed by atoms with Crippen molar-refractivity contribution in [3.05, 3.63) is 41.5 Å². The first-order valence-electron chi connectivity index (χ1n) is 11.7. The third-order valence-corrected chi connectivity index (χ3v) is 6.42. The van der Waals surface area contributed by atoms with Gasteiger partial charge in [-0.2, -0.15) is 0 Å². The van der Waals surface area contributed by atoms with Gasteiger partial charge in [0.2, 0.25) is 0 Å². The molecule has 8 nitrogen and oxygen atoms in total. The van der Waals surface area contributed by atoms with E-state index in [9.17, 15) is 9.90 Å². The molecule has 1 unspecified atom stereocenters. The second kappa shape index (κ2) is 10.5. The molecular weight excluding hydrogens is 440 g/mol. The van der Waals surface area contributed by atoms with Crippen LogP contribution in [0.2, 0.25) is 0 Å². The molecule has 1 saturated heterocycles. The zero-order chi connectivity index (χ0) is 24.3. The highest BCUT2D eigenvalue weighted by Crippen LogP contribution is 2.37. The fraction of sp³-hybridized carbons (Fsp3) is 0.577. The number of aliphatic hydroxyl groups excluding tert-OH is 1. The highest BCUT2D eigenvalue weighted by Gasteiger charge is 2.43. The first kappa shape index (κ1) is 24.7. The highest BCUT2D eigenvalue weighted by molar-refractivity contribution is 5.97. The number of methoxy groups -OCH3 is 2. The van der Waals surface area contributed by atoms with Gasteiger partial charge in [-0.15, -0.1) is 0 Å². The molecule has 3 aliphatic rings. The molecule has 1 saturated carbocycles. The van der Waals surface area contributed by atoms with Crippen LogP contribution in [0.15, 0.2) is 30.4 Å². The lowest BCUT2D eigenvalue weighted by Crippen LogP contribution is -2.34. The molecule has 1 aliphatic carbocycles. The molecule has 0 radical (unpaired) electrons. The van der Waals surface area contributed by atoms with Crippen LogP contribution in [-0.2, 0) is 18.9 Å². The number of carbonyl (C=O) groups is 1. The van der Waals surface area contributed by atoms with Crippen molar-refractivity contribution in [2.75, 3.05) is 21.0 Å². The standard InChI is InChI=1S/C26H34O8/c1-26(2)33-21-10-6-8-17-13-18(30-4)14-22(31-15-29-3)23(17)25(28)32-20-9-5-7-16(20)11-12-19(27)24(21)34-26/h6,8,11-14,16,19-21,24,27H,5,7,9-10,15H2,1-4H3/b8-6+,12-11-/t16-,19?,20+,21-,24+/m0/s1. The zero-order valence-corrected chi connectivity index (χ0v) is 20.2. The van der Waals surface area contributed by atoms with Gasteiger partial charge in [0.15, 0.2) is 12.6 Å². The molecule has 1 aromatic rings. The molecule has 0 amide bonds. The summed E-state index contributed by atoms with van der Waals surface area (Å²) < 4.78 is 34.3. The lowest BCUT2D eigenvalue weighted by molar-refractivity contribution is -0.152. The lowest BCUT2D eigenvalue weighted by Gasteiger charge is -2.22. The Morgan fingerprint density at radius 2 is 1.94 bits per heavy atom. The van der Waals surface area contributed by atoms with Crippen molar-refractivity contribution in [2.24, 2.45) is 5.92 Å². The van der Waals surface area contributed by atoms with E-state index in [0.29, 0.717) is 29.0 Å². The number of ether oxygens (including phenoxy) is 6. The quantitative estimate of drug-likeness (QED) is 0.400. The van der Waals surface area contributed by atoms with Crippen LogP contribution < -0.4 is 9.47 Å². The van der Waals surface area contributed by atoms with Crippen molar-refractivity contribution in [1.29, 1.82) is 0 Å². The van der Waals surface area contributed by atoms with E-state index in [4.69, 9.17) is 28.4 Å². The molecule has 4 rings (SSSR count). The molecule has 8 heteroatoms. The third kappa shape index (κ3) is 5.46. The summed E-state index contributed by atoms with van der Waals surface area (Å²) in [5, 5.41) is 10.9. The Morgan fingerprint density at radius 1 is 1.12 bits per heavy atom. The first-order chi connectivity index (χ1) is 16.3. The highest BCUT2D eigenvalue weighted by atomic mass is 16.8. The average molecular weight is 475 g/mol. The molecule has 1 aromatic carbocycles. The van der Waals surface area contributed by atoms with Crippen LogP contribution >= 0.6 is 0 Å². The summed E-state index contributed by atoms with van der Waals surface area (Å²) in [6, 6.07) is 3.43. The molecule has 0 spiro atoms. The van der Waals surface area contributed by atoms with Gasteiger partial charge in [0.05, 0.1) is 13.2 Å². The monoisotopic (exact) mass is 474 g/mol. The van der Waals surface area contributed by atoms with Gasteiger partial charge in [-0.1, -0.05) is 24.3 Å². The maximum Gasteiger partial charge on any atom is 0.342 e. The Hall–Kier alpha value is -2.39. The molecule has 2 fully saturated rings. The first-order valence-corrected chi connectivity index (χ1v) is 11.7. The molecule has 2 aliphatic heterocycles. The van der Waals surface area contributed by atoms with Gasteiger partial charge in [-0.05, 0) is 51.2 Å². The minimum absolute atomic E-state index is 0.0101. The Balaban J connectivity index is 1.76. The summed E-state index contributed by atoms with van der Waals surface area (Å²) in [6.07, 6.45) is 8.48.